The van der Waals surface area contributed by atoms with Crippen LogP contribution >= 0.6 is 23.2 Å². The molecule has 6 nitrogen and oxygen atoms in total. The summed E-state index contributed by atoms with van der Waals surface area (Å²) < 4.78 is 0. The number of halogens is 2. The van der Waals surface area contributed by atoms with Gasteiger partial charge in [0, 0.05) is 23.3 Å². The van der Waals surface area contributed by atoms with Crippen LogP contribution < -0.4 is 5.32 Å². The number of nitro benzene ring substituents is 1. The van der Waals surface area contributed by atoms with E-state index < -0.39 is 16.9 Å². The van der Waals surface area contributed by atoms with E-state index in [1.807, 2.05) is 6.07 Å². The Morgan fingerprint density at radius 2 is 1.87 bits per heavy atom. The van der Waals surface area contributed by atoms with E-state index in [4.69, 9.17) is 23.2 Å². The summed E-state index contributed by atoms with van der Waals surface area (Å²) in [5.41, 5.74) is 0.433. The van der Waals surface area contributed by atoms with Crippen LogP contribution in [-0.4, -0.2) is 10.8 Å². The fourth-order valence-corrected chi connectivity index (χ4v) is 2.29. The lowest BCUT2D eigenvalue weighted by Gasteiger charge is -2.14. The van der Waals surface area contributed by atoms with E-state index >= 15 is 0 Å². The van der Waals surface area contributed by atoms with Gasteiger partial charge in [0.1, 0.15) is 6.04 Å². The zero-order valence-corrected chi connectivity index (χ0v) is 13.0. The quantitative estimate of drug-likeness (QED) is 0.668. The Labute approximate surface area is 141 Å². The number of carbonyl (C=O) groups is 1. The number of rotatable bonds is 4. The van der Waals surface area contributed by atoms with Gasteiger partial charge < -0.3 is 5.32 Å². The fraction of sp³-hybridized carbons (Fsp3) is 0.0667. The van der Waals surface area contributed by atoms with Crippen LogP contribution in [0.3, 0.4) is 0 Å². The lowest BCUT2D eigenvalue weighted by molar-refractivity contribution is -0.384. The van der Waals surface area contributed by atoms with Crippen LogP contribution in [0.1, 0.15) is 22.0 Å². The van der Waals surface area contributed by atoms with E-state index in [1.165, 1.54) is 24.3 Å². The highest BCUT2D eigenvalue weighted by Gasteiger charge is 2.19. The molecule has 0 bridgehead atoms. The molecule has 1 atom stereocenters. The number of carbonyl (C=O) groups excluding carboxylic acids is 1. The van der Waals surface area contributed by atoms with Crippen molar-refractivity contribution >= 4 is 34.8 Å². The van der Waals surface area contributed by atoms with Crippen LogP contribution in [0.15, 0.2) is 42.5 Å². The van der Waals surface area contributed by atoms with Crippen LogP contribution in [0.5, 0.6) is 0 Å². The summed E-state index contributed by atoms with van der Waals surface area (Å²) in [5, 5.41) is 22.8. The Morgan fingerprint density at radius 3 is 2.43 bits per heavy atom. The van der Waals surface area contributed by atoms with Crippen molar-refractivity contribution in [2.45, 2.75) is 6.04 Å². The zero-order valence-electron chi connectivity index (χ0n) is 11.5. The third-order valence-electron chi connectivity index (χ3n) is 3.04. The van der Waals surface area contributed by atoms with Gasteiger partial charge in [0.15, 0.2) is 0 Å². The molecule has 2 rings (SSSR count). The molecule has 0 spiro atoms. The highest BCUT2D eigenvalue weighted by molar-refractivity contribution is 6.42. The molecule has 23 heavy (non-hydrogen) atoms. The summed E-state index contributed by atoms with van der Waals surface area (Å²) in [6.45, 7) is 0. The number of hydrogen-bond acceptors (Lipinski definition) is 4. The monoisotopic (exact) mass is 349 g/mol. The first-order valence-electron chi connectivity index (χ1n) is 6.33. The average Bonchev–Trinajstić information content (AvgIpc) is 2.55. The van der Waals surface area contributed by atoms with Gasteiger partial charge >= 0.3 is 0 Å². The number of hydrogen-bond donors (Lipinski definition) is 1. The maximum atomic E-state index is 12.2. The molecule has 0 aliphatic heterocycles. The first-order valence-corrected chi connectivity index (χ1v) is 7.08. The van der Waals surface area contributed by atoms with Gasteiger partial charge in [-0.2, -0.15) is 5.26 Å². The Morgan fingerprint density at radius 1 is 1.22 bits per heavy atom. The van der Waals surface area contributed by atoms with Crippen molar-refractivity contribution in [2.24, 2.45) is 0 Å². The molecule has 0 fully saturated rings. The van der Waals surface area contributed by atoms with Crippen LogP contribution in [0, 0.1) is 21.4 Å². The second kappa shape index (κ2) is 7.09. The van der Waals surface area contributed by atoms with Gasteiger partial charge in [-0.05, 0) is 18.2 Å². The van der Waals surface area contributed by atoms with E-state index in [0.29, 0.717) is 5.56 Å². The molecule has 0 heterocycles. The van der Waals surface area contributed by atoms with Gasteiger partial charge in [-0.15, -0.1) is 0 Å². The van der Waals surface area contributed by atoms with Gasteiger partial charge in [0.05, 0.1) is 21.0 Å². The van der Waals surface area contributed by atoms with Crippen molar-refractivity contribution in [3.63, 3.8) is 0 Å². The van der Waals surface area contributed by atoms with Crippen LogP contribution in [-0.2, 0) is 0 Å². The van der Waals surface area contributed by atoms with Crippen molar-refractivity contribution in [3.05, 3.63) is 73.8 Å². The molecule has 0 saturated heterocycles. The summed E-state index contributed by atoms with van der Waals surface area (Å²) in [6, 6.07) is 10.7. The minimum Gasteiger partial charge on any atom is -0.332 e. The van der Waals surface area contributed by atoms with Crippen molar-refractivity contribution < 1.29 is 9.72 Å². The smallest absolute Gasteiger partial charge is 0.269 e. The Bertz CT molecular complexity index is 801. The number of nitro groups is 1. The Hall–Kier alpha value is -2.62. The molecule has 2 aromatic rings. The van der Waals surface area contributed by atoms with Gasteiger partial charge in [0.25, 0.3) is 11.6 Å². The van der Waals surface area contributed by atoms with Crippen LogP contribution in [0.25, 0.3) is 0 Å². The van der Waals surface area contributed by atoms with Crippen molar-refractivity contribution in [1.29, 1.82) is 5.26 Å². The third kappa shape index (κ3) is 3.77. The van der Waals surface area contributed by atoms with Gasteiger partial charge in [-0.1, -0.05) is 35.3 Å². The third-order valence-corrected chi connectivity index (χ3v) is 3.87. The summed E-state index contributed by atoms with van der Waals surface area (Å²) in [6.07, 6.45) is 0. The Kier molecular flexibility index (Phi) is 5.16. The molecule has 2 aromatic carbocycles. The van der Waals surface area contributed by atoms with Gasteiger partial charge in [-0.3, -0.25) is 14.9 Å². The Balaban J connectivity index is 2.22. The van der Waals surface area contributed by atoms with E-state index in [1.54, 1.807) is 18.2 Å². The summed E-state index contributed by atoms with van der Waals surface area (Å²) >= 11 is 11.9. The van der Waals surface area contributed by atoms with Gasteiger partial charge in [0.2, 0.25) is 0 Å². The second-order valence-electron chi connectivity index (χ2n) is 4.48. The van der Waals surface area contributed by atoms with E-state index in [0.717, 1.165) is 0 Å². The van der Waals surface area contributed by atoms with Gasteiger partial charge in [-0.25, -0.2) is 0 Å². The molecule has 0 saturated carbocycles. The molecular formula is C15H9Cl2N3O3. The first kappa shape index (κ1) is 16.7. The molecule has 116 valence electrons. The fourth-order valence-electron chi connectivity index (χ4n) is 1.87. The predicted molar refractivity (Wildman–Crippen MR) is 85.4 cm³/mol. The van der Waals surface area contributed by atoms with Crippen molar-refractivity contribution in [2.75, 3.05) is 0 Å². The number of nitrogens with one attached hydrogen (secondary N) is 1. The number of nitriles is 1. The van der Waals surface area contributed by atoms with Crippen LogP contribution in [0.2, 0.25) is 10.0 Å². The predicted octanol–water partition coefficient (Wildman–Crippen LogP) is 3.90. The number of benzene rings is 2. The van der Waals surface area contributed by atoms with Crippen molar-refractivity contribution in [1.82, 2.24) is 5.32 Å². The highest BCUT2D eigenvalue weighted by atomic mass is 35.5. The summed E-state index contributed by atoms with van der Waals surface area (Å²) in [4.78, 5) is 22.2. The van der Waals surface area contributed by atoms with E-state index in [-0.39, 0.29) is 21.3 Å². The maximum Gasteiger partial charge on any atom is 0.269 e. The molecule has 0 aliphatic carbocycles. The topological polar surface area (TPSA) is 96.0 Å². The molecule has 1 N–H and O–H groups in total. The molecule has 0 aromatic heterocycles. The molecule has 0 aliphatic rings. The average molecular weight is 350 g/mol. The number of nitrogens with zero attached hydrogens (tertiary/aromatic N) is 2. The molecule has 8 heteroatoms. The maximum absolute atomic E-state index is 12.2. The largest absolute Gasteiger partial charge is 0.332 e. The van der Waals surface area contributed by atoms with Crippen molar-refractivity contribution in [3.8, 4) is 6.07 Å². The van der Waals surface area contributed by atoms with Crippen LogP contribution in [0.4, 0.5) is 5.69 Å². The summed E-state index contributed by atoms with van der Waals surface area (Å²) in [5.74, 6) is -0.553. The minimum absolute atomic E-state index is 0.128. The highest BCUT2D eigenvalue weighted by Crippen LogP contribution is 2.29. The zero-order chi connectivity index (χ0) is 17.0. The second-order valence-corrected chi connectivity index (χ2v) is 5.27. The SMILES string of the molecule is N#CC(NC(=O)c1ccc([N+](=O)[O-])cc1)c1cccc(Cl)c1Cl. The summed E-state index contributed by atoms with van der Waals surface area (Å²) in [7, 11) is 0. The lowest BCUT2D eigenvalue weighted by atomic mass is 10.1. The standard InChI is InChI=1S/C15H9Cl2N3O3/c16-12-3-1-2-11(14(12)17)13(8-18)19-15(21)9-4-6-10(7-5-9)20(22)23/h1-7,13H,(H,19,21). The number of non-ortho nitro benzene ring substituents is 1. The molecular weight excluding hydrogens is 341 g/mol. The number of amides is 1. The molecule has 0 radical (unpaired) electrons. The molecule has 1 amide bonds. The van der Waals surface area contributed by atoms with E-state index in [2.05, 4.69) is 5.32 Å². The lowest BCUT2D eigenvalue weighted by Crippen LogP contribution is -2.27. The van der Waals surface area contributed by atoms with E-state index in [9.17, 15) is 20.2 Å². The minimum atomic E-state index is -0.996. The normalized spacial score (nSPS) is 11.3. The molecule has 1 unspecified atom stereocenters. The first-order chi connectivity index (χ1) is 10.9.